The minimum atomic E-state index is 0.382. The Hall–Kier alpha value is -2.10. The molecule has 3 N–H and O–H groups in total. The van der Waals surface area contributed by atoms with E-state index in [0.717, 1.165) is 17.9 Å². The van der Waals surface area contributed by atoms with E-state index < -0.39 is 0 Å². The molecule has 0 radical (unpaired) electrons. The van der Waals surface area contributed by atoms with Gasteiger partial charge in [0.05, 0.1) is 0 Å². The van der Waals surface area contributed by atoms with E-state index >= 15 is 0 Å². The van der Waals surface area contributed by atoms with Crippen molar-refractivity contribution in [3.8, 4) is 11.4 Å². The Labute approximate surface area is 125 Å². The highest BCUT2D eigenvalue weighted by molar-refractivity contribution is 5.60. The van der Waals surface area contributed by atoms with E-state index in [-0.39, 0.29) is 0 Å². The second-order valence-corrected chi connectivity index (χ2v) is 6.24. The summed E-state index contributed by atoms with van der Waals surface area (Å²) in [4.78, 5) is 8.92. The molecule has 0 saturated heterocycles. The van der Waals surface area contributed by atoms with E-state index in [2.05, 4.69) is 22.2 Å². The summed E-state index contributed by atoms with van der Waals surface area (Å²) < 4.78 is 0. The summed E-state index contributed by atoms with van der Waals surface area (Å²) >= 11 is 0. The van der Waals surface area contributed by atoms with E-state index in [1.54, 1.807) is 0 Å². The van der Waals surface area contributed by atoms with Crippen molar-refractivity contribution in [3.05, 3.63) is 36.4 Å². The Morgan fingerprint density at radius 3 is 2.57 bits per heavy atom. The van der Waals surface area contributed by atoms with E-state index in [1.807, 2.05) is 36.4 Å². The zero-order valence-corrected chi connectivity index (χ0v) is 12.5. The van der Waals surface area contributed by atoms with Crippen molar-refractivity contribution in [2.75, 3.05) is 17.6 Å². The number of nitrogens with one attached hydrogen (secondary N) is 1. The maximum Gasteiger partial charge on any atom is 0.163 e. The number of rotatable bonds is 4. The van der Waals surface area contributed by atoms with Gasteiger partial charge in [0, 0.05) is 18.2 Å². The zero-order chi connectivity index (χ0) is 14.7. The quantitative estimate of drug-likeness (QED) is 0.897. The van der Waals surface area contributed by atoms with Crippen LogP contribution in [-0.4, -0.2) is 16.5 Å². The first kappa shape index (κ1) is 13.9. The fourth-order valence-corrected chi connectivity index (χ4v) is 2.98. The Bertz CT molecular complexity index is 603. The lowest BCUT2D eigenvalue weighted by molar-refractivity contribution is 0.361. The number of aromatic nitrogens is 2. The van der Waals surface area contributed by atoms with Crippen LogP contribution < -0.4 is 11.1 Å². The molecule has 2 aromatic rings. The molecule has 0 atom stereocenters. The zero-order valence-electron chi connectivity index (χ0n) is 12.5. The van der Waals surface area contributed by atoms with E-state index in [0.29, 0.717) is 17.1 Å². The second-order valence-electron chi connectivity index (χ2n) is 6.24. The number of nitrogen functional groups attached to an aromatic ring is 1. The van der Waals surface area contributed by atoms with Gasteiger partial charge in [-0.05, 0) is 18.3 Å². The molecular formula is C17H22N4. The van der Waals surface area contributed by atoms with E-state index in [9.17, 15) is 0 Å². The third-order valence-corrected chi connectivity index (χ3v) is 4.28. The van der Waals surface area contributed by atoms with Crippen molar-refractivity contribution in [1.82, 2.24) is 9.97 Å². The van der Waals surface area contributed by atoms with E-state index in [4.69, 9.17) is 5.73 Å². The van der Waals surface area contributed by atoms with Crippen molar-refractivity contribution in [2.24, 2.45) is 5.41 Å². The van der Waals surface area contributed by atoms with Crippen molar-refractivity contribution >= 4 is 11.6 Å². The lowest BCUT2D eigenvalue weighted by Gasteiger charge is -2.24. The highest BCUT2D eigenvalue weighted by Gasteiger charge is 2.28. The summed E-state index contributed by atoms with van der Waals surface area (Å²) in [5.74, 6) is 1.99. The third-order valence-electron chi connectivity index (χ3n) is 4.28. The van der Waals surface area contributed by atoms with Crippen LogP contribution in [0.3, 0.4) is 0 Å². The molecule has 1 aromatic heterocycles. The molecule has 4 heteroatoms. The number of nitrogens with two attached hydrogens (primary N) is 1. The lowest BCUT2D eigenvalue weighted by atomic mass is 9.89. The Balaban J connectivity index is 1.78. The minimum absolute atomic E-state index is 0.382. The fourth-order valence-electron chi connectivity index (χ4n) is 2.98. The van der Waals surface area contributed by atoms with Crippen LogP contribution >= 0.6 is 0 Å². The number of benzene rings is 1. The lowest BCUT2D eigenvalue weighted by Crippen LogP contribution is -2.23. The molecule has 1 aliphatic rings. The summed E-state index contributed by atoms with van der Waals surface area (Å²) in [5.41, 5.74) is 7.29. The molecule has 0 bridgehead atoms. The molecule has 3 rings (SSSR count). The number of nitrogens with zero attached hydrogens (tertiary/aromatic N) is 2. The largest absolute Gasteiger partial charge is 0.384 e. The molecular weight excluding hydrogens is 260 g/mol. The SMILES string of the molecule is CC1(CNc2cc(N)nc(-c3ccccc3)n2)CCCC1. The van der Waals surface area contributed by atoms with Crippen LogP contribution in [-0.2, 0) is 0 Å². The fraction of sp³-hybridized carbons (Fsp3) is 0.412. The normalized spacial score (nSPS) is 16.8. The summed E-state index contributed by atoms with van der Waals surface area (Å²) in [6.07, 6.45) is 5.23. The molecule has 0 aliphatic heterocycles. The van der Waals surface area contributed by atoms with Gasteiger partial charge in [-0.2, -0.15) is 0 Å². The smallest absolute Gasteiger partial charge is 0.163 e. The van der Waals surface area contributed by atoms with Gasteiger partial charge in [0.1, 0.15) is 11.6 Å². The van der Waals surface area contributed by atoms with Gasteiger partial charge in [0.2, 0.25) is 0 Å². The summed E-state index contributed by atoms with van der Waals surface area (Å²) in [5, 5.41) is 3.45. The third kappa shape index (κ3) is 3.32. The molecule has 110 valence electrons. The van der Waals surface area contributed by atoms with Gasteiger partial charge in [-0.3, -0.25) is 0 Å². The topological polar surface area (TPSA) is 63.8 Å². The molecule has 0 spiro atoms. The van der Waals surface area contributed by atoms with Crippen LogP contribution in [0.25, 0.3) is 11.4 Å². The van der Waals surface area contributed by atoms with Crippen molar-refractivity contribution in [3.63, 3.8) is 0 Å². The van der Waals surface area contributed by atoms with Crippen LogP contribution in [0.5, 0.6) is 0 Å². The van der Waals surface area contributed by atoms with Gasteiger partial charge < -0.3 is 11.1 Å². The van der Waals surface area contributed by atoms with Crippen LogP contribution in [0.4, 0.5) is 11.6 Å². The van der Waals surface area contributed by atoms with Crippen LogP contribution in [0.1, 0.15) is 32.6 Å². The maximum atomic E-state index is 5.92. The summed E-state index contributed by atoms with van der Waals surface area (Å²) in [7, 11) is 0. The average Bonchev–Trinajstić information content (AvgIpc) is 2.93. The molecule has 1 fully saturated rings. The molecule has 21 heavy (non-hydrogen) atoms. The van der Waals surface area contributed by atoms with E-state index in [1.165, 1.54) is 25.7 Å². The van der Waals surface area contributed by atoms with Crippen LogP contribution in [0, 0.1) is 5.41 Å². The average molecular weight is 282 g/mol. The van der Waals surface area contributed by atoms with Crippen LogP contribution in [0.15, 0.2) is 36.4 Å². The first-order valence-corrected chi connectivity index (χ1v) is 7.59. The standard InChI is InChI=1S/C17H22N4/c1-17(9-5-6-10-17)12-19-15-11-14(18)20-16(21-15)13-7-3-2-4-8-13/h2-4,7-8,11H,5-6,9-10,12H2,1H3,(H3,18,19,20,21). The van der Waals surface area contributed by atoms with Crippen molar-refractivity contribution in [1.29, 1.82) is 0 Å². The molecule has 0 unspecified atom stereocenters. The van der Waals surface area contributed by atoms with Gasteiger partial charge in [0.25, 0.3) is 0 Å². The number of hydrogen-bond donors (Lipinski definition) is 2. The number of anilines is 2. The first-order valence-electron chi connectivity index (χ1n) is 7.59. The van der Waals surface area contributed by atoms with Gasteiger partial charge in [-0.15, -0.1) is 0 Å². The summed E-state index contributed by atoms with van der Waals surface area (Å²) in [6, 6.07) is 11.7. The van der Waals surface area contributed by atoms with Gasteiger partial charge in [-0.1, -0.05) is 50.1 Å². The van der Waals surface area contributed by atoms with Crippen molar-refractivity contribution in [2.45, 2.75) is 32.6 Å². The molecule has 1 heterocycles. The molecule has 0 amide bonds. The monoisotopic (exact) mass is 282 g/mol. The number of hydrogen-bond acceptors (Lipinski definition) is 4. The Morgan fingerprint density at radius 1 is 1.14 bits per heavy atom. The Kier molecular flexibility index (Phi) is 3.78. The highest BCUT2D eigenvalue weighted by Crippen LogP contribution is 2.37. The molecule has 1 aromatic carbocycles. The predicted octanol–water partition coefficient (Wildman–Crippen LogP) is 3.72. The van der Waals surface area contributed by atoms with Crippen molar-refractivity contribution < 1.29 is 0 Å². The van der Waals surface area contributed by atoms with Gasteiger partial charge in [-0.25, -0.2) is 9.97 Å². The van der Waals surface area contributed by atoms with Crippen LogP contribution in [0.2, 0.25) is 0 Å². The van der Waals surface area contributed by atoms with Gasteiger partial charge >= 0.3 is 0 Å². The molecule has 1 aliphatic carbocycles. The predicted molar refractivity (Wildman–Crippen MR) is 86.9 cm³/mol. The second kappa shape index (κ2) is 5.72. The maximum absolute atomic E-state index is 5.92. The Morgan fingerprint density at radius 2 is 1.86 bits per heavy atom. The van der Waals surface area contributed by atoms with Gasteiger partial charge in [0.15, 0.2) is 5.82 Å². The minimum Gasteiger partial charge on any atom is -0.384 e. The summed E-state index contributed by atoms with van der Waals surface area (Å²) in [6.45, 7) is 3.29. The highest BCUT2D eigenvalue weighted by atomic mass is 15.1. The molecule has 4 nitrogen and oxygen atoms in total. The molecule has 1 saturated carbocycles. The first-order chi connectivity index (χ1) is 10.1.